The summed E-state index contributed by atoms with van der Waals surface area (Å²) >= 11 is 2.21. The van der Waals surface area contributed by atoms with Crippen LogP contribution in [0.5, 0.6) is 0 Å². The summed E-state index contributed by atoms with van der Waals surface area (Å²) in [7, 11) is 2.11. The number of ether oxygens (including phenoxy) is 1. The van der Waals surface area contributed by atoms with Crippen LogP contribution >= 0.6 is 22.6 Å². The number of benzene rings is 1. The number of esters is 1. The second-order valence-corrected chi connectivity index (χ2v) is 7.24. The topological polar surface area (TPSA) is 49.8 Å². The summed E-state index contributed by atoms with van der Waals surface area (Å²) < 4.78 is 6.81. The Morgan fingerprint density at radius 2 is 2.10 bits per heavy atom. The van der Waals surface area contributed by atoms with Crippen LogP contribution in [0.1, 0.15) is 29.6 Å². The number of carbonyl (C=O) groups excluding carboxylic acids is 1. The number of rotatable bonds is 3. The van der Waals surface area contributed by atoms with Crippen LogP contribution in [0.25, 0.3) is 0 Å². The fraction of sp³-hybridized carbons (Fsp3) is 0.562. The Kier molecular flexibility index (Phi) is 4.51. The van der Waals surface area contributed by atoms with Crippen molar-refractivity contribution in [2.24, 2.45) is 5.92 Å². The van der Waals surface area contributed by atoms with Gasteiger partial charge in [-0.15, -0.1) is 0 Å². The van der Waals surface area contributed by atoms with Gasteiger partial charge in [0.1, 0.15) is 6.10 Å². The summed E-state index contributed by atoms with van der Waals surface area (Å²) in [5, 5.41) is 9.70. The Bertz CT molecular complexity index is 519. The monoisotopic (exact) mass is 401 g/mol. The molecule has 0 aliphatic carbocycles. The number of hydrogen-bond donors (Lipinski definition) is 1. The van der Waals surface area contributed by atoms with E-state index in [2.05, 4.69) is 34.5 Å². The summed E-state index contributed by atoms with van der Waals surface area (Å²) in [6, 6.07) is 8.21. The molecule has 0 saturated carbocycles. The van der Waals surface area contributed by atoms with Gasteiger partial charge in [-0.1, -0.05) is 0 Å². The summed E-state index contributed by atoms with van der Waals surface area (Å²) in [6.07, 6.45) is 2.88. The molecule has 2 saturated heterocycles. The molecule has 2 heterocycles. The van der Waals surface area contributed by atoms with Gasteiger partial charge in [0.05, 0.1) is 12.2 Å². The molecule has 4 atom stereocenters. The Morgan fingerprint density at radius 1 is 1.38 bits per heavy atom. The Labute approximate surface area is 138 Å². The average molecular weight is 401 g/mol. The van der Waals surface area contributed by atoms with Crippen LogP contribution in [-0.4, -0.2) is 47.8 Å². The van der Waals surface area contributed by atoms with Gasteiger partial charge in [-0.2, -0.15) is 0 Å². The molecular formula is C16H20INO3. The molecule has 114 valence electrons. The first-order valence-electron chi connectivity index (χ1n) is 7.39. The molecule has 2 bridgehead atoms. The zero-order valence-electron chi connectivity index (χ0n) is 12.0. The van der Waals surface area contributed by atoms with Gasteiger partial charge in [0, 0.05) is 28.0 Å². The van der Waals surface area contributed by atoms with Gasteiger partial charge >= 0.3 is 5.97 Å². The Hall–Kier alpha value is -0.660. The molecule has 2 fully saturated rings. The number of carbonyl (C=O) groups is 1. The van der Waals surface area contributed by atoms with E-state index in [0.717, 1.165) is 22.8 Å². The zero-order chi connectivity index (χ0) is 15.0. The van der Waals surface area contributed by atoms with E-state index < -0.39 is 0 Å². The number of hydrogen-bond acceptors (Lipinski definition) is 4. The van der Waals surface area contributed by atoms with Gasteiger partial charge in [0.2, 0.25) is 0 Å². The van der Waals surface area contributed by atoms with Crippen molar-refractivity contribution in [1.82, 2.24) is 4.90 Å². The number of fused-ring (bicyclic) bond motifs is 2. The van der Waals surface area contributed by atoms with Crippen LogP contribution in [0.15, 0.2) is 24.3 Å². The van der Waals surface area contributed by atoms with Crippen molar-refractivity contribution < 1.29 is 14.6 Å². The first kappa shape index (κ1) is 15.2. The average Bonchev–Trinajstić information content (AvgIpc) is 2.72. The predicted octanol–water partition coefficient (Wildman–Crippen LogP) is 2.29. The highest BCUT2D eigenvalue weighted by atomic mass is 127. The molecular weight excluding hydrogens is 381 g/mol. The number of nitrogens with zero attached hydrogens (tertiary/aromatic N) is 1. The van der Waals surface area contributed by atoms with Gasteiger partial charge in [-0.05, 0) is 66.7 Å². The van der Waals surface area contributed by atoms with Crippen molar-refractivity contribution in [3.8, 4) is 0 Å². The van der Waals surface area contributed by atoms with Crippen molar-refractivity contribution in [3.63, 3.8) is 0 Å². The maximum atomic E-state index is 12.3. The van der Waals surface area contributed by atoms with Crippen LogP contribution < -0.4 is 0 Å². The third kappa shape index (κ3) is 2.96. The third-order valence-corrected chi connectivity index (χ3v) is 5.64. The van der Waals surface area contributed by atoms with Gasteiger partial charge < -0.3 is 9.84 Å². The van der Waals surface area contributed by atoms with E-state index in [4.69, 9.17) is 4.74 Å². The zero-order valence-corrected chi connectivity index (χ0v) is 14.2. The van der Waals surface area contributed by atoms with Crippen molar-refractivity contribution in [3.05, 3.63) is 33.4 Å². The molecule has 2 aliphatic rings. The first-order valence-corrected chi connectivity index (χ1v) is 8.47. The lowest BCUT2D eigenvalue weighted by Crippen LogP contribution is -2.51. The molecule has 1 aromatic carbocycles. The van der Waals surface area contributed by atoms with Crippen LogP contribution in [0.3, 0.4) is 0 Å². The molecule has 0 amide bonds. The highest BCUT2D eigenvalue weighted by molar-refractivity contribution is 14.1. The molecule has 1 aromatic rings. The van der Waals surface area contributed by atoms with E-state index in [-0.39, 0.29) is 24.6 Å². The van der Waals surface area contributed by atoms with Gasteiger partial charge in [-0.25, -0.2) is 4.79 Å². The first-order chi connectivity index (χ1) is 10.1. The number of aliphatic hydroxyl groups is 1. The van der Waals surface area contributed by atoms with Crippen LogP contribution in [0, 0.1) is 9.49 Å². The molecule has 0 aromatic heterocycles. The number of piperidine rings is 1. The van der Waals surface area contributed by atoms with Gasteiger partial charge in [-0.3, -0.25) is 4.90 Å². The summed E-state index contributed by atoms with van der Waals surface area (Å²) in [4.78, 5) is 14.6. The lowest BCUT2D eigenvalue weighted by molar-refractivity contribution is -0.0493. The van der Waals surface area contributed by atoms with E-state index in [1.165, 1.54) is 0 Å². The van der Waals surface area contributed by atoms with E-state index >= 15 is 0 Å². The largest absolute Gasteiger partial charge is 0.458 e. The normalized spacial score (nSPS) is 32.1. The molecule has 5 heteroatoms. The smallest absolute Gasteiger partial charge is 0.338 e. The van der Waals surface area contributed by atoms with Crippen molar-refractivity contribution in [1.29, 1.82) is 0 Å². The minimum Gasteiger partial charge on any atom is -0.458 e. The Morgan fingerprint density at radius 3 is 2.76 bits per heavy atom. The number of halogens is 1. The molecule has 21 heavy (non-hydrogen) atoms. The molecule has 3 rings (SSSR count). The number of aliphatic hydroxyl groups excluding tert-OH is 1. The fourth-order valence-corrected chi connectivity index (χ4v) is 4.06. The quantitative estimate of drug-likeness (QED) is 0.624. The third-order valence-electron chi connectivity index (χ3n) is 4.92. The standard InChI is InChI=1S/C16H20INO3/c1-18-12-6-7-14(18)13(9-19)15(8-12)21-16(20)10-2-4-11(17)5-3-10/h2-5,12-15,19H,6-9H2,1H3/t12-,13+,14+,15-/m0/s1. The maximum absolute atomic E-state index is 12.3. The van der Waals surface area contributed by atoms with Crippen LogP contribution in [-0.2, 0) is 4.74 Å². The molecule has 0 unspecified atom stereocenters. The Balaban J connectivity index is 1.72. The van der Waals surface area contributed by atoms with Crippen molar-refractivity contribution in [2.45, 2.75) is 37.5 Å². The molecule has 2 aliphatic heterocycles. The minimum absolute atomic E-state index is 0.0292. The lowest BCUT2D eigenvalue weighted by Gasteiger charge is -2.41. The summed E-state index contributed by atoms with van der Waals surface area (Å²) in [5.41, 5.74) is 0.582. The van der Waals surface area contributed by atoms with E-state index in [1.807, 2.05) is 12.1 Å². The van der Waals surface area contributed by atoms with Gasteiger partial charge in [0.25, 0.3) is 0 Å². The van der Waals surface area contributed by atoms with Crippen molar-refractivity contribution in [2.75, 3.05) is 13.7 Å². The SMILES string of the molecule is CN1[C@H]2CC[C@@H]1[C@@H](CO)[C@@H](OC(=O)c1ccc(I)cc1)C2. The lowest BCUT2D eigenvalue weighted by atomic mass is 9.88. The van der Waals surface area contributed by atoms with E-state index in [0.29, 0.717) is 17.6 Å². The fourth-order valence-electron chi connectivity index (χ4n) is 3.70. The van der Waals surface area contributed by atoms with E-state index in [1.54, 1.807) is 12.1 Å². The van der Waals surface area contributed by atoms with E-state index in [9.17, 15) is 9.90 Å². The van der Waals surface area contributed by atoms with Crippen molar-refractivity contribution >= 4 is 28.6 Å². The predicted molar refractivity (Wildman–Crippen MR) is 88.1 cm³/mol. The highest BCUT2D eigenvalue weighted by Crippen LogP contribution is 2.39. The second-order valence-electron chi connectivity index (χ2n) is 6.00. The molecule has 0 radical (unpaired) electrons. The summed E-state index contributed by atoms with van der Waals surface area (Å²) in [5.74, 6) is -0.250. The summed E-state index contributed by atoms with van der Waals surface area (Å²) in [6.45, 7) is 0.0758. The van der Waals surface area contributed by atoms with Crippen LogP contribution in [0.4, 0.5) is 0 Å². The highest BCUT2D eigenvalue weighted by Gasteiger charge is 2.46. The second kappa shape index (κ2) is 6.22. The van der Waals surface area contributed by atoms with Crippen LogP contribution in [0.2, 0.25) is 0 Å². The molecule has 0 spiro atoms. The maximum Gasteiger partial charge on any atom is 0.338 e. The molecule has 1 N–H and O–H groups in total. The minimum atomic E-state index is -0.279. The molecule has 4 nitrogen and oxygen atoms in total. The van der Waals surface area contributed by atoms with Gasteiger partial charge in [0.15, 0.2) is 0 Å².